The first-order valence-electron chi connectivity index (χ1n) is 16.3. The Kier molecular flexibility index (Phi) is 14.3. The number of carbonyl (C=O) groups excluding carboxylic acids is 1. The summed E-state index contributed by atoms with van der Waals surface area (Å²) in [5.41, 5.74) is 2.31. The number of aliphatic carboxylic acids is 1. The highest BCUT2D eigenvalue weighted by Crippen LogP contribution is 2.48. The van der Waals surface area contributed by atoms with Crippen LogP contribution in [0.15, 0.2) is 18.2 Å². The van der Waals surface area contributed by atoms with Crippen molar-refractivity contribution in [2.45, 2.75) is 142 Å². The van der Waals surface area contributed by atoms with Crippen LogP contribution in [0.3, 0.4) is 0 Å². The number of carboxylic acids is 1. The van der Waals surface area contributed by atoms with E-state index in [-0.39, 0.29) is 30.7 Å². The van der Waals surface area contributed by atoms with Crippen molar-refractivity contribution in [2.75, 3.05) is 6.61 Å². The maximum absolute atomic E-state index is 12.7. The highest BCUT2D eigenvalue weighted by Gasteiger charge is 2.45. The molecule has 0 bridgehead atoms. The Morgan fingerprint density at radius 2 is 1.62 bits per heavy atom. The number of esters is 1. The van der Waals surface area contributed by atoms with E-state index < -0.39 is 5.97 Å². The molecule has 6 nitrogen and oxygen atoms in total. The third kappa shape index (κ3) is 10.4. The van der Waals surface area contributed by atoms with Gasteiger partial charge in [-0.15, -0.1) is 0 Å². The van der Waals surface area contributed by atoms with Gasteiger partial charge in [-0.25, -0.2) is 4.79 Å². The molecular formula is C34H54O6. The summed E-state index contributed by atoms with van der Waals surface area (Å²) in [7, 11) is 0. The van der Waals surface area contributed by atoms with Crippen LogP contribution in [0.2, 0.25) is 0 Å². The highest BCUT2D eigenvalue weighted by atomic mass is 16.5. The zero-order valence-corrected chi connectivity index (χ0v) is 25.1. The molecule has 40 heavy (non-hydrogen) atoms. The van der Waals surface area contributed by atoms with Crippen LogP contribution in [-0.2, 0) is 27.2 Å². The van der Waals surface area contributed by atoms with Gasteiger partial charge in [-0.05, 0) is 86.3 Å². The van der Waals surface area contributed by atoms with E-state index in [1.807, 2.05) is 12.1 Å². The Morgan fingerprint density at radius 3 is 2.35 bits per heavy atom. The van der Waals surface area contributed by atoms with E-state index >= 15 is 0 Å². The standard InChI is InChI=1S/C34H54O6/c1-3-5-7-9-10-11-12-16-27(40-34(38)18-13-8-6-4-2)19-20-28-29-21-25-15-14-17-32(39-24-33(36)37)30(25)22-26(29)23-31(28)35/h14-15,17,26-29,31,35H,3-13,16,18-24H2,1-2H3,(H,36,37)/t26-,27-,28+,29-,31+/m0/s1. The molecule has 0 heterocycles. The first-order valence-corrected chi connectivity index (χ1v) is 16.3. The second-order valence-corrected chi connectivity index (χ2v) is 12.3. The Balaban J connectivity index is 1.56. The quantitative estimate of drug-likeness (QED) is 0.126. The van der Waals surface area contributed by atoms with Gasteiger partial charge in [-0.2, -0.15) is 0 Å². The van der Waals surface area contributed by atoms with Crippen LogP contribution >= 0.6 is 0 Å². The van der Waals surface area contributed by atoms with Gasteiger partial charge in [-0.1, -0.05) is 83.8 Å². The van der Waals surface area contributed by atoms with E-state index in [1.54, 1.807) is 0 Å². The van der Waals surface area contributed by atoms with E-state index in [9.17, 15) is 14.7 Å². The number of aliphatic hydroxyl groups excluding tert-OH is 1. The lowest BCUT2D eigenvalue weighted by Gasteiger charge is -2.32. The largest absolute Gasteiger partial charge is 0.482 e. The number of rotatable bonds is 20. The van der Waals surface area contributed by atoms with Crippen LogP contribution in [0.25, 0.3) is 0 Å². The Bertz CT molecular complexity index is 898. The van der Waals surface area contributed by atoms with Gasteiger partial charge >= 0.3 is 11.9 Å². The molecule has 0 amide bonds. The molecule has 0 unspecified atom stereocenters. The number of hydrogen-bond donors (Lipinski definition) is 2. The topological polar surface area (TPSA) is 93.1 Å². The number of ether oxygens (including phenoxy) is 2. The van der Waals surface area contributed by atoms with E-state index in [4.69, 9.17) is 14.6 Å². The van der Waals surface area contributed by atoms with E-state index in [0.29, 0.717) is 24.0 Å². The molecule has 0 aliphatic heterocycles. The minimum Gasteiger partial charge on any atom is -0.482 e. The normalized spacial score (nSPS) is 22.4. The molecule has 226 valence electrons. The van der Waals surface area contributed by atoms with Crippen LogP contribution < -0.4 is 4.74 Å². The van der Waals surface area contributed by atoms with Crippen molar-refractivity contribution in [1.29, 1.82) is 0 Å². The highest BCUT2D eigenvalue weighted by molar-refractivity contribution is 5.69. The first-order chi connectivity index (χ1) is 19.4. The van der Waals surface area contributed by atoms with Crippen LogP contribution in [0.4, 0.5) is 0 Å². The number of hydrogen-bond acceptors (Lipinski definition) is 5. The second kappa shape index (κ2) is 17.7. The van der Waals surface area contributed by atoms with Crippen LogP contribution in [-0.4, -0.2) is 41.0 Å². The average Bonchev–Trinajstić information content (AvgIpc) is 3.24. The molecule has 2 aliphatic rings. The Hall–Kier alpha value is -2.08. The number of unbranched alkanes of at least 4 members (excludes halogenated alkanes) is 9. The van der Waals surface area contributed by atoms with Crippen molar-refractivity contribution in [2.24, 2.45) is 17.8 Å². The maximum Gasteiger partial charge on any atom is 0.341 e. The zero-order chi connectivity index (χ0) is 28.7. The van der Waals surface area contributed by atoms with Gasteiger partial charge in [0, 0.05) is 6.42 Å². The smallest absolute Gasteiger partial charge is 0.341 e. The summed E-state index contributed by atoms with van der Waals surface area (Å²) < 4.78 is 11.6. The molecular weight excluding hydrogens is 504 g/mol. The molecule has 2 N–H and O–H groups in total. The monoisotopic (exact) mass is 558 g/mol. The molecule has 6 heteroatoms. The van der Waals surface area contributed by atoms with Gasteiger partial charge in [0.15, 0.2) is 6.61 Å². The van der Waals surface area contributed by atoms with Crippen molar-refractivity contribution >= 4 is 11.9 Å². The molecule has 5 atom stereocenters. The van der Waals surface area contributed by atoms with Crippen molar-refractivity contribution in [3.63, 3.8) is 0 Å². The van der Waals surface area contributed by atoms with Crippen molar-refractivity contribution in [3.05, 3.63) is 29.3 Å². The zero-order valence-electron chi connectivity index (χ0n) is 25.1. The Labute approximate surface area is 242 Å². The summed E-state index contributed by atoms with van der Waals surface area (Å²) in [6.07, 6.45) is 18.2. The molecule has 1 saturated carbocycles. The summed E-state index contributed by atoms with van der Waals surface area (Å²) in [5, 5.41) is 20.1. The summed E-state index contributed by atoms with van der Waals surface area (Å²) in [5.74, 6) is 0.578. The molecule has 1 aromatic rings. The van der Waals surface area contributed by atoms with Gasteiger partial charge in [0.1, 0.15) is 11.9 Å². The van der Waals surface area contributed by atoms with Gasteiger partial charge < -0.3 is 19.7 Å². The lowest BCUT2D eigenvalue weighted by Crippen LogP contribution is -2.29. The van der Waals surface area contributed by atoms with Crippen molar-refractivity contribution < 1.29 is 29.3 Å². The van der Waals surface area contributed by atoms with Crippen molar-refractivity contribution in [3.8, 4) is 5.75 Å². The summed E-state index contributed by atoms with van der Waals surface area (Å²) >= 11 is 0. The number of benzene rings is 1. The lowest BCUT2D eigenvalue weighted by molar-refractivity contribution is -0.150. The van der Waals surface area contributed by atoms with E-state index in [0.717, 1.165) is 76.2 Å². The predicted molar refractivity (Wildman–Crippen MR) is 159 cm³/mol. The molecule has 2 aliphatic carbocycles. The fourth-order valence-electron chi connectivity index (χ4n) is 6.99. The number of carboxylic acid groups (broad SMARTS) is 1. The fraction of sp³-hybridized carbons (Fsp3) is 0.765. The maximum atomic E-state index is 12.7. The summed E-state index contributed by atoms with van der Waals surface area (Å²) in [6, 6.07) is 5.91. The van der Waals surface area contributed by atoms with Crippen LogP contribution in [0.5, 0.6) is 5.75 Å². The van der Waals surface area contributed by atoms with Gasteiger partial charge in [0.2, 0.25) is 0 Å². The molecule has 0 spiro atoms. The molecule has 1 aromatic carbocycles. The summed E-state index contributed by atoms with van der Waals surface area (Å²) in [4.78, 5) is 23.7. The first kappa shape index (κ1) is 32.4. The van der Waals surface area contributed by atoms with Gasteiger partial charge in [0.25, 0.3) is 0 Å². The second-order valence-electron chi connectivity index (χ2n) is 12.3. The van der Waals surface area contributed by atoms with Gasteiger partial charge in [-0.3, -0.25) is 4.79 Å². The van der Waals surface area contributed by atoms with Crippen LogP contribution in [0.1, 0.15) is 128 Å². The third-order valence-electron chi connectivity index (χ3n) is 9.18. The van der Waals surface area contributed by atoms with Gasteiger partial charge in [0.05, 0.1) is 6.10 Å². The van der Waals surface area contributed by atoms with Crippen LogP contribution in [0, 0.1) is 17.8 Å². The predicted octanol–water partition coefficient (Wildman–Crippen LogP) is 7.66. The molecule has 3 rings (SSSR count). The fourth-order valence-corrected chi connectivity index (χ4v) is 6.99. The third-order valence-corrected chi connectivity index (χ3v) is 9.18. The number of fused-ring (bicyclic) bond motifs is 2. The van der Waals surface area contributed by atoms with E-state index in [1.165, 1.54) is 44.1 Å². The molecule has 0 saturated heterocycles. The SMILES string of the molecule is CCCCCCCCC[C@@H](CC[C@@H]1[C@H]2Cc3cccc(OCC(=O)O)c3C[C@H]2C[C@H]1O)OC(=O)CCCCCC. The molecule has 0 radical (unpaired) electrons. The van der Waals surface area contributed by atoms with E-state index in [2.05, 4.69) is 19.9 Å². The summed E-state index contributed by atoms with van der Waals surface area (Å²) in [6.45, 7) is 4.08. The Morgan fingerprint density at radius 1 is 0.925 bits per heavy atom. The minimum atomic E-state index is -0.977. The molecule has 0 aromatic heterocycles. The molecule has 1 fully saturated rings. The number of carbonyl (C=O) groups is 2. The van der Waals surface area contributed by atoms with Crippen molar-refractivity contribution in [1.82, 2.24) is 0 Å². The lowest BCUT2D eigenvalue weighted by atomic mass is 9.73. The minimum absolute atomic E-state index is 0.0608. The average molecular weight is 559 g/mol. The number of aliphatic hydroxyl groups is 1.